The Morgan fingerprint density at radius 3 is 2.18 bits per heavy atom. The van der Waals surface area contributed by atoms with Gasteiger partial charge in [-0.1, -0.05) is 52.3 Å². The molecule has 33 heavy (non-hydrogen) atoms. The summed E-state index contributed by atoms with van der Waals surface area (Å²) in [6.45, 7) is 0. The summed E-state index contributed by atoms with van der Waals surface area (Å²) < 4.78 is 44.9. The monoisotopic (exact) mass is 510 g/mol. The summed E-state index contributed by atoms with van der Waals surface area (Å²) in [6.07, 6.45) is -3.09. The van der Waals surface area contributed by atoms with E-state index in [4.69, 9.17) is 0 Å². The third-order valence-electron chi connectivity index (χ3n) is 5.13. The zero-order valence-corrected chi connectivity index (χ0v) is 18.4. The molecule has 0 saturated carbocycles. The van der Waals surface area contributed by atoms with Crippen molar-refractivity contribution < 1.29 is 13.2 Å². The maximum absolute atomic E-state index is 13.8. The van der Waals surface area contributed by atoms with Crippen molar-refractivity contribution in [2.75, 3.05) is 0 Å². The van der Waals surface area contributed by atoms with Crippen LogP contribution in [0.25, 0.3) is 33.8 Å². The first kappa shape index (κ1) is 21.1. The van der Waals surface area contributed by atoms with E-state index in [1.807, 2.05) is 18.2 Å². The molecule has 164 valence electrons. The van der Waals surface area contributed by atoms with Crippen molar-refractivity contribution in [3.63, 3.8) is 0 Å². The minimum Gasteiger partial charge on any atom is -0.268 e. The molecule has 0 amide bonds. The van der Waals surface area contributed by atoms with Gasteiger partial charge in [-0.25, -0.2) is 9.67 Å². The number of hydrogen-bond donors (Lipinski definition) is 0. The van der Waals surface area contributed by atoms with Gasteiger partial charge in [0.1, 0.15) is 5.39 Å². The molecule has 2 heterocycles. The van der Waals surface area contributed by atoms with Gasteiger partial charge in [0.2, 0.25) is 0 Å². The van der Waals surface area contributed by atoms with Crippen molar-refractivity contribution in [2.24, 2.45) is 0 Å². The average molecular weight is 511 g/mol. The van der Waals surface area contributed by atoms with E-state index >= 15 is 0 Å². The zero-order valence-electron chi connectivity index (χ0n) is 16.8. The molecule has 5 rings (SSSR count). The summed E-state index contributed by atoms with van der Waals surface area (Å²) in [4.78, 5) is 18.0. The second-order valence-electron chi connectivity index (χ2n) is 7.24. The summed E-state index contributed by atoms with van der Waals surface area (Å²) in [6, 6.07) is 20.8. The molecule has 0 fully saturated rings. The van der Waals surface area contributed by atoms with E-state index in [-0.39, 0.29) is 22.4 Å². The van der Waals surface area contributed by atoms with Crippen LogP contribution in [0.3, 0.4) is 0 Å². The highest BCUT2D eigenvalue weighted by molar-refractivity contribution is 9.10. The number of alkyl halides is 3. The third kappa shape index (κ3) is 3.84. The first-order valence-corrected chi connectivity index (χ1v) is 10.6. The van der Waals surface area contributed by atoms with Gasteiger partial charge in [0.15, 0.2) is 11.5 Å². The molecule has 0 bridgehead atoms. The summed E-state index contributed by atoms with van der Waals surface area (Å²) in [5.74, 6) is -0.138. The maximum Gasteiger partial charge on any atom is 0.417 e. The predicted molar refractivity (Wildman–Crippen MR) is 123 cm³/mol. The van der Waals surface area contributed by atoms with Gasteiger partial charge in [-0.2, -0.15) is 13.2 Å². The first-order chi connectivity index (χ1) is 15.8. The molecule has 0 aliphatic heterocycles. The Balaban J connectivity index is 1.86. The topological polar surface area (TPSA) is 52.7 Å². The van der Waals surface area contributed by atoms with Crippen molar-refractivity contribution in [3.05, 3.63) is 105 Å². The summed E-state index contributed by atoms with van der Waals surface area (Å²) in [5, 5.41) is 4.56. The van der Waals surface area contributed by atoms with Gasteiger partial charge in [0.25, 0.3) is 5.56 Å². The molecule has 0 radical (unpaired) electrons. The Morgan fingerprint density at radius 2 is 1.48 bits per heavy atom. The number of fused-ring (bicyclic) bond motifs is 1. The lowest BCUT2D eigenvalue weighted by Crippen LogP contribution is -2.22. The molecule has 2 aromatic heterocycles. The second kappa shape index (κ2) is 8.00. The highest BCUT2D eigenvalue weighted by Gasteiger charge is 2.35. The fraction of sp³-hybridized carbons (Fsp3) is 0.0417. The number of rotatable bonds is 3. The second-order valence-corrected chi connectivity index (χ2v) is 8.16. The maximum atomic E-state index is 13.8. The van der Waals surface area contributed by atoms with Gasteiger partial charge in [0, 0.05) is 16.2 Å². The third-order valence-corrected chi connectivity index (χ3v) is 5.66. The van der Waals surface area contributed by atoms with E-state index in [1.165, 1.54) is 33.6 Å². The number of nitrogens with zero attached hydrogens (tertiary/aromatic N) is 4. The molecule has 5 aromatic rings. The van der Waals surface area contributed by atoms with E-state index in [0.29, 0.717) is 11.4 Å². The number of aromatic nitrogens is 4. The van der Waals surface area contributed by atoms with E-state index in [9.17, 15) is 18.0 Å². The van der Waals surface area contributed by atoms with Crippen LogP contribution in [0.5, 0.6) is 0 Å². The number of hydrogen-bond acceptors (Lipinski definition) is 3. The number of benzene rings is 3. The SMILES string of the molecule is O=c1c2cn(-c3ccccc3)nc2nc(-c2ccccc2C(F)(F)F)n1-c1ccc(Br)cc1. The van der Waals surface area contributed by atoms with E-state index < -0.39 is 17.3 Å². The van der Waals surface area contributed by atoms with Gasteiger partial charge in [-0.05, 0) is 42.5 Å². The van der Waals surface area contributed by atoms with Crippen molar-refractivity contribution in [1.29, 1.82) is 0 Å². The summed E-state index contributed by atoms with van der Waals surface area (Å²) in [5.41, 5.74) is -0.467. The summed E-state index contributed by atoms with van der Waals surface area (Å²) in [7, 11) is 0. The minimum absolute atomic E-state index is 0.0594. The molecule has 0 aliphatic rings. The largest absolute Gasteiger partial charge is 0.417 e. The van der Waals surface area contributed by atoms with Crippen LogP contribution in [-0.2, 0) is 6.18 Å². The normalized spacial score (nSPS) is 11.8. The van der Waals surface area contributed by atoms with Crippen molar-refractivity contribution in [1.82, 2.24) is 19.3 Å². The lowest BCUT2D eigenvalue weighted by molar-refractivity contribution is -0.137. The predicted octanol–water partition coefficient (Wildman–Crippen LogP) is 6.02. The molecule has 0 unspecified atom stereocenters. The minimum atomic E-state index is -4.63. The number of halogens is 4. The smallest absolute Gasteiger partial charge is 0.268 e. The lowest BCUT2D eigenvalue weighted by Gasteiger charge is -2.16. The van der Waals surface area contributed by atoms with Crippen LogP contribution in [-0.4, -0.2) is 19.3 Å². The average Bonchev–Trinajstić information content (AvgIpc) is 3.25. The van der Waals surface area contributed by atoms with Gasteiger partial charge < -0.3 is 0 Å². The van der Waals surface area contributed by atoms with Gasteiger partial charge in [-0.3, -0.25) is 9.36 Å². The Labute approximate surface area is 193 Å². The van der Waals surface area contributed by atoms with Crippen molar-refractivity contribution >= 4 is 27.0 Å². The Kier molecular flexibility index (Phi) is 5.13. The number of para-hydroxylation sites is 1. The molecular formula is C24H14BrF3N4O. The molecule has 0 spiro atoms. The molecule has 3 aromatic carbocycles. The van der Waals surface area contributed by atoms with Gasteiger partial charge >= 0.3 is 6.18 Å². The molecule has 0 N–H and O–H groups in total. The molecular weight excluding hydrogens is 497 g/mol. The molecule has 0 atom stereocenters. The van der Waals surface area contributed by atoms with Crippen LogP contribution >= 0.6 is 15.9 Å². The Morgan fingerprint density at radius 1 is 0.818 bits per heavy atom. The van der Waals surface area contributed by atoms with E-state index in [1.54, 1.807) is 36.4 Å². The van der Waals surface area contributed by atoms with Crippen molar-refractivity contribution in [2.45, 2.75) is 6.18 Å². The molecule has 0 aliphatic carbocycles. The Hall–Kier alpha value is -3.72. The van der Waals surface area contributed by atoms with E-state index in [2.05, 4.69) is 26.0 Å². The Bertz CT molecular complexity index is 1520. The summed E-state index contributed by atoms with van der Waals surface area (Å²) >= 11 is 3.34. The van der Waals surface area contributed by atoms with E-state index in [0.717, 1.165) is 10.5 Å². The first-order valence-electron chi connectivity index (χ1n) is 9.83. The standard InChI is InChI=1S/C24H14BrF3N4O/c25-15-10-12-17(13-11-15)32-22(18-8-4-5-9-20(18)24(26,27)28)29-21-19(23(32)33)14-31(30-21)16-6-2-1-3-7-16/h1-14H. The molecule has 5 nitrogen and oxygen atoms in total. The highest BCUT2D eigenvalue weighted by atomic mass is 79.9. The fourth-order valence-electron chi connectivity index (χ4n) is 3.61. The van der Waals surface area contributed by atoms with Crippen LogP contribution in [0.4, 0.5) is 13.2 Å². The van der Waals surface area contributed by atoms with Gasteiger partial charge in [0.05, 0.1) is 16.9 Å². The quantitative estimate of drug-likeness (QED) is 0.298. The fourth-order valence-corrected chi connectivity index (χ4v) is 3.88. The lowest BCUT2D eigenvalue weighted by atomic mass is 10.1. The highest BCUT2D eigenvalue weighted by Crippen LogP contribution is 2.37. The van der Waals surface area contributed by atoms with Crippen LogP contribution in [0.2, 0.25) is 0 Å². The van der Waals surface area contributed by atoms with Crippen LogP contribution < -0.4 is 5.56 Å². The van der Waals surface area contributed by atoms with Gasteiger partial charge in [-0.15, -0.1) is 5.10 Å². The molecule has 9 heteroatoms. The van der Waals surface area contributed by atoms with Crippen LogP contribution in [0.1, 0.15) is 5.56 Å². The van der Waals surface area contributed by atoms with Crippen LogP contribution in [0.15, 0.2) is 94.3 Å². The zero-order chi connectivity index (χ0) is 23.2. The van der Waals surface area contributed by atoms with Crippen molar-refractivity contribution in [3.8, 4) is 22.8 Å². The van der Waals surface area contributed by atoms with Crippen LogP contribution in [0, 0.1) is 0 Å². The molecule has 0 saturated heterocycles.